The Morgan fingerprint density at radius 3 is 2.88 bits per heavy atom. The number of fused-ring (bicyclic) bond motifs is 1. The first kappa shape index (κ1) is 19.8. The molecule has 0 saturated heterocycles. The second-order valence-corrected chi connectivity index (χ2v) is 5.01. The molecule has 24 heavy (non-hydrogen) atoms. The van der Waals surface area contributed by atoms with Crippen LogP contribution < -0.4 is 20.5 Å². The molecule has 1 amide bonds. The lowest BCUT2D eigenvalue weighted by Crippen LogP contribution is -2.42. The summed E-state index contributed by atoms with van der Waals surface area (Å²) in [5.41, 5.74) is 6.68. The highest BCUT2D eigenvalue weighted by molar-refractivity contribution is 5.86. The summed E-state index contributed by atoms with van der Waals surface area (Å²) in [7, 11) is 0. The molecular weight excluding hydrogens is 336 g/mol. The number of carbonyl (C=O) groups excluding carboxylic acids is 2. The number of halogens is 1. The lowest BCUT2D eigenvalue weighted by atomic mass is 10.1. The predicted molar refractivity (Wildman–Crippen MR) is 90.3 cm³/mol. The smallest absolute Gasteiger partial charge is 0.308 e. The van der Waals surface area contributed by atoms with E-state index in [9.17, 15) is 9.59 Å². The fourth-order valence-corrected chi connectivity index (χ4v) is 2.04. The van der Waals surface area contributed by atoms with Crippen LogP contribution >= 0.6 is 12.4 Å². The maximum Gasteiger partial charge on any atom is 0.308 e. The fraction of sp³-hybridized carbons (Fsp3) is 0.375. The molecule has 0 spiro atoms. The van der Waals surface area contributed by atoms with E-state index >= 15 is 0 Å². The van der Waals surface area contributed by atoms with Gasteiger partial charge in [0, 0.05) is 6.54 Å². The number of amides is 1. The van der Waals surface area contributed by atoms with Crippen molar-refractivity contribution in [3.63, 3.8) is 0 Å². The molecule has 1 atom stereocenters. The Morgan fingerprint density at radius 1 is 1.38 bits per heavy atom. The van der Waals surface area contributed by atoms with Crippen LogP contribution in [0, 0.1) is 0 Å². The molecule has 0 fully saturated rings. The second-order valence-electron chi connectivity index (χ2n) is 5.01. The number of esters is 1. The van der Waals surface area contributed by atoms with Crippen molar-refractivity contribution in [1.82, 2.24) is 5.32 Å². The molecule has 2 rings (SSSR count). The monoisotopic (exact) mass is 356 g/mol. The summed E-state index contributed by atoms with van der Waals surface area (Å²) in [6.45, 7) is 4.18. The van der Waals surface area contributed by atoms with Crippen molar-refractivity contribution in [2.45, 2.75) is 18.9 Å². The van der Waals surface area contributed by atoms with Crippen LogP contribution in [0.2, 0.25) is 0 Å². The summed E-state index contributed by atoms with van der Waals surface area (Å²) in [5.74, 6) is 0.512. The van der Waals surface area contributed by atoms with Crippen molar-refractivity contribution in [1.29, 1.82) is 0 Å². The number of benzene rings is 1. The second kappa shape index (κ2) is 9.79. The Morgan fingerprint density at radius 2 is 2.12 bits per heavy atom. The summed E-state index contributed by atoms with van der Waals surface area (Å²) >= 11 is 0. The summed E-state index contributed by atoms with van der Waals surface area (Å²) < 4.78 is 15.3. The number of hydrogen-bond acceptors (Lipinski definition) is 6. The molecule has 7 nitrogen and oxygen atoms in total. The highest BCUT2D eigenvalue weighted by Crippen LogP contribution is 2.32. The van der Waals surface area contributed by atoms with Crippen LogP contribution in [0.15, 0.2) is 30.9 Å². The van der Waals surface area contributed by atoms with Crippen molar-refractivity contribution in [2.24, 2.45) is 5.73 Å². The SMILES string of the molecule is C=CCOC(=O)CC(N)C(=O)NCCc1ccc2c(c1)OCO2.Cl. The maximum atomic E-state index is 11.8. The molecule has 0 aliphatic carbocycles. The summed E-state index contributed by atoms with van der Waals surface area (Å²) in [6.07, 6.45) is 1.91. The standard InChI is InChI=1S/C16H20N2O5.ClH/c1-2-7-21-15(19)9-12(17)16(20)18-6-5-11-3-4-13-14(8-11)23-10-22-13;/h2-4,8,12H,1,5-7,9-10,17H2,(H,18,20);1H. The minimum absolute atomic E-state index is 0. The molecule has 0 bridgehead atoms. The number of carbonyl (C=O) groups is 2. The summed E-state index contributed by atoms with van der Waals surface area (Å²) in [5, 5.41) is 2.70. The molecule has 1 heterocycles. The van der Waals surface area contributed by atoms with Crippen LogP contribution in [0.5, 0.6) is 11.5 Å². The van der Waals surface area contributed by atoms with Gasteiger partial charge in [0.1, 0.15) is 6.61 Å². The third-order valence-corrected chi connectivity index (χ3v) is 3.24. The molecule has 1 aliphatic rings. The van der Waals surface area contributed by atoms with Crippen molar-refractivity contribution in [3.8, 4) is 11.5 Å². The summed E-state index contributed by atoms with van der Waals surface area (Å²) in [4.78, 5) is 23.2. The van der Waals surface area contributed by atoms with Crippen molar-refractivity contribution in [2.75, 3.05) is 19.9 Å². The van der Waals surface area contributed by atoms with Gasteiger partial charge in [-0.2, -0.15) is 0 Å². The Hall–Kier alpha value is -2.25. The van der Waals surface area contributed by atoms with Crippen molar-refractivity contribution < 1.29 is 23.8 Å². The van der Waals surface area contributed by atoms with Gasteiger partial charge < -0.3 is 25.3 Å². The Bertz CT molecular complexity index is 594. The van der Waals surface area contributed by atoms with E-state index in [2.05, 4.69) is 11.9 Å². The first-order valence-electron chi connectivity index (χ1n) is 7.28. The molecule has 3 N–H and O–H groups in total. The fourth-order valence-electron chi connectivity index (χ4n) is 2.04. The van der Waals surface area contributed by atoms with Crippen molar-refractivity contribution in [3.05, 3.63) is 36.4 Å². The molecule has 1 aliphatic heterocycles. The van der Waals surface area contributed by atoms with Gasteiger partial charge in [-0.05, 0) is 24.1 Å². The van der Waals surface area contributed by atoms with E-state index < -0.39 is 12.0 Å². The highest BCUT2D eigenvalue weighted by atomic mass is 35.5. The Labute approximate surface area is 146 Å². The van der Waals surface area contributed by atoms with E-state index in [0.29, 0.717) is 18.7 Å². The average molecular weight is 357 g/mol. The number of rotatable bonds is 8. The first-order chi connectivity index (χ1) is 11.1. The van der Waals surface area contributed by atoms with Gasteiger partial charge in [-0.15, -0.1) is 12.4 Å². The maximum absolute atomic E-state index is 11.8. The third-order valence-electron chi connectivity index (χ3n) is 3.24. The number of ether oxygens (including phenoxy) is 3. The quantitative estimate of drug-likeness (QED) is 0.531. The topological polar surface area (TPSA) is 99.9 Å². The van der Waals surface area contributed by atoms with E-state index in [1.807, 2.05) is 18.2 Å². The lowest BCUT2D eigenvalue weighted by molar-refractivity contribution is -0.144. The van der Waals surface area contributed by atoms with Gasteiger partial charge in [-0.1, -0.05) is 18.7 Å². The largest absolute Gasteiger partial charge is 0.461 e. The van der Waals surface area contributed by atoms with Crippen LogP contribution in [0.25, 0.3) is 0 Å². The van der Waals surface area contributed by atoms with Gasteiger partial charge in [0.25, 0.3) is 0 Å². The van der Waals surface area contributed by atoms with Crippen LogP contribution in [0.3, 0.4) is 0 Å². The molecule has 1 unspecified atom stereocenters. The van der Waals surface area contributed by atoms with Crippen LogP contribution in [-0.4, -0.2) is 37.9 Å². The van der Waals surface area contributed by atoms with E-state index in [1.165, 1.54) is 6.08 Å². The third kappa shape index (κ3) is 5.75. The molecule has 0 radical (unpaired) electrons. The van der Waals surface area contributed by atoms with Gasteiger partial charge >= 0.3 is 5.97 Å². The van der Waals surface area contributed by atoms with E-state index in [0.717, 1.165) is 11.3 Å². The van der Waals surface area contributed by atoms with Crippen LogP contribution in [-0.2, 0) is 20.7 Å². The minimum atomic E-state index is -0.927. The first-order valence-corrected chi connectivity index (χ1v) is 7.28. The molecule has 8 heteroatoms. The van der Waals surface area contributed by atoms with E-state index in [-0.39, 0.29) is 38.1 Å². The van der Waals surface area contributed by atoms with Gasteiger partial charge in [0.2, 0.25) is 12.7 Å². The average Bonchev–Trinajstić information content (AvgIpc) is 3.00. The molecule has 132 valence electrons. The van der Waals surface area contributed by atoms with Crippen LogP contribution in [0.1, 0.15) is 12.0 Å². The number of nitrogens with two attached hydrogens (primary N) is 1. The summed E-state index contributed by atoms with van der Waals surface area (Å²) in [6, 6.07) is 4.69. The number of nitrogens with one attached hydrogen (secondary N) is 1. The Balaban J connectivity index is 0.00000288. The van der Waals surface area contributed by atoms with Crippen molar-refractivity contribution >= 4 is 24.3 Å². The Kier molecular flexibility index (Phi) is 8.08. The normalized spacial score (nSPS) is 12.7. The van der Waals surface area contributed by atoms with Gasteiger partial charge in [0.15, 0.2) is 11.5 Å². The zero-order valence-corrected chi connectivity index (χ0v) is 14.0. The van der Waals surface area contributed by atoms with E-state index in [4.69, 9.17) is 19.9 Å². The zero-order valence-electron chi connectivity index (χ0n) is 13.2. The van der Waals surface area contributed by atoms with Gasteiger partial charge in [-0.25, -0.2) is 0 Å². The highest BCUT2D eigenvalue weighted by Gasteiger charge is 2.18. The molecule has 1 aromatic carbocycles. The zero-order chi connectivity index (χ0) is 16.7. The van der Waals surface area contributed by atoms with E-state index in [1.54, 1.807) is 0 Å². The van der Waals surface area contributed by atoms with Gasteiger partial charge in [0.05, 0.1) is 12.5 Å². The molecule has 0 saturated carbocycles. The van der Waals surface area contributed by atoms with Crippen LogP contribution in [0.4, 0.5) is 0 Å². The molecular formula is C16H21ClN2O5. The molecule has 1 aromatic rings. The minimum Gasteiger partial charge on any atom is -0.461 e. The lowest BCUT2D eigenvalue weighted by Gasteiger charge is -2.11. The molecule has 0 aromatic heterocycles. The predicted octanol–water partition coefficient (Wildman–Crippen LogP) is 0.942. The number of hydrogen-bond donors (Lipinski definition) is 2. The van der Waals surface area contributed by atoms with Gasteiger partial charge in [-0.3, -0.25) is 9.59 Å².